The first-order valence-corrected chi connectivity index (χ1v) is 7.10. The Morgan fingerprint density at radius 1 is 1.31 bits per heavy atom. The molecule has 0 saturated carbocycles. The number of rotatable bonds is 6. The van der Waals surface area contributed by atoms with E-state index in [0.717, 1.165) is 17.7 Å². The van der Waals surface area contributed by atoms with E-state index in [0.29, 0.717) is 6.04 Å². The van der Waals surface area contributed by atoms with Gasteiger partial charge in [-0.25, -0.2) is 4.98 Å². The van der Waals surface area contributed by atoms with Gasteiger partial charge in [0.1, 0.15) is 5.82 Å². The third kappa shape index (κ3) is 3.48. The zero-order valence-corrected chi connectivity index (χ0v) is 12.0. The quantitative estimate of drug-likeness (QED) is 0.739. The van der Waals surface area contributed by atoms with E-state index in [4.69, 9.17) is 0 Å². The van der Waals surface area contributed by atoms with Crippen molar-refractivity contribution in [3.8, 4) is 0 Å². The summed E-state index contributed by atoms with van der Waals surface area (Å²) in [5, 5.41) is 0.985. The summed E-state index contributed by atoms with van der Waals surface area (Å²) < 4.78 is 0. The lowest BCUT2D eigenvalue weighted by molar-refractivity contribution is 0.564. The molecule has 16 heavy (non-hydrogen) atoms. The number of aryl methyl sites for hydroxylation is 1. The second-order valence-corrected chi connectivity index (χ2v) is 4.84. The first kappa shape index (κ1) is 13.5. The number of pyridine rings is 1. The molecule has 0 radical (unpaired) electrons. The molecule has 0 bridgehead atoms. The van der Waals surface area contributed by atoms with Crippen molar-refractivity contribution in [2.75, 3.05) is 16.8 Å². The average molecular weight is 285 g/mol. The van der Waals surface area contributed by atoms with Crippen LogP contribution in [-0.2, 0) is 0 Å². The molecule has 0 aliphatic rings. The maximum absolute atomic E-state index is 4.52. The standard InChI is InChI=1S/C13H21BrN2/c1-4-12(5-2)16(9-8-14)13-7-6-11(3)10-15-13/h6-7,10,12H,4-5,8-9H2,1-3H3. The van der Waals surface area contributed by atoms with Gasteiger partial charge in [-0.2, -0.15) is 0 Å². The van der Waals surface area contributed by atoms with Crippen LogP contribution in [0.2, 0.25) is 0 Å². The Kier molecular flexibility index (Phi) is 5.81. The van der Waals surface area contributed by atoms with E-state index in [1.165, 1.54) is 18.4 Å². The largest absolute Gasteiger partial charge is 0.353 e. The van der Waals surface area contributed by atoms with Crippen LogP contribution in [0.4, 0.5) is 5.82 Å². The second kappa shape index (κ2) is 6.89. The molecular weight excluding hydrogens is 264 g/mol. The zero-order chi connectivity index (χ0) is 12.0. The topological polar surface area (TPSA) is 16.1 Å². The Hall–Kier alpha value is -0.570. The number of halogens is 1. The minimum Gasteiger partial charge on any atom is -0.353 e. The lowest BCUT2D eigenvalue weighted by atomic mass is 10.1. The Bertz CT molecular complexity index is 293. The molecule has 0 spiro atoms. The van der Waals surface area contributed by atoms with Crippen LogP contribution in [0.1, 0.15) is 32.3 Å². The fourth-order valence-corrected chi connectivity index (χ4v) is 2.32. The number of nitrogens with zero attached hydrogens (tertiary/aromatic N) is 2. The SMILES string of the molecule is CCC(CC)N(CCBr)c1ccc(C)cn1. The Labute approximate surface area is 107 Å². The number of alkyl halides is 1. The van der Waals surface area contributed by atoms with E-state index >= 15 is 0 Å². The highest BCUT2D eigenvalue weighted by Crippen LogP contribution is 2.18. The molecule has 0 atom stereocenters. The molecule has 1 aromatic rings. The van der Waals surface area contributed by atoms with Crippen LogP contribution in [0.3, 0.4) is 0 Å². The lowest BCUT2D eigenvalue weighted by Gasteiger charge is -2.31. The molecule has 2 nitrogen and oxygen atoms in total. The first-order valence-electron chi connectivity index (χ1n) is 5.98. The van der Waals surface area contributed by atoms with Crippen LogP contribution < -0.4 is 4.90 Å². The van der Waals surface area contributed by atoms with Crippen molar-refractivity contribution in [2.24, 2.45) is 0 Å². The average Bonchev–Trinajstić information content (AvgIpc) is 2.31. The Balaban J connectivity index is 2.87. The lowest BCUT2D eigenvalue weighted by Crippen LogP contribution is -2.36. The molecule has 0 aliphatic heterocycles. The van der Waals surface area contributed by atoms with E-state index in [1.807, 2.05) is 6.20 Å². The summed E-state index contributed by atoms with van der Waals surface area (Å²) in [6.45, 7) is 7.57. The van der Waals surface area contributed by atoms with E-state index < -0.39 is 0 Å². The molecule has 0 fully saturated rings. The first-order chi connectivity index (χ1) is 7.72. The molecule has 0 amide bonds. The van der Waals surface area contributed by atoms with Gasteiger partial charge in [-0.3, -0.25) is 0 Å². The molecule has 3 heteroatoms. The summed E-state index contributed by atoms with van der Waals surface area (Å²) in [5.41, 5.74) is 1.21. The fourth-order valence-electron chi connectivity index (χ4n) is 1.93. The molecule has 0 aliphatic carbocycles. The van der Waals surface area contributed by atoms with Crippen molar-refractivity contribution in [1.29, 1.82) is 0 Å². The van der Waals surface area contributed by atoms with Gasteiger partial charge in [-0.1, -0.05) is 35.8 Å². The molecule has 0 unspecified atom stereocenters. The number of hydrogen-bond donors (Lipinski definition) is 0. The fraction of sp³-hybridized carbons (Fsp3) is 0.615. The molecule has 0 N–H and O–H groups in total. The highest BCUT2D eigenvalue weighted by Gasteiger charge is 2.15. The van der Waals surface area contributed by atoms with Gasteiger partial charge in [0.05, 0.1) is 0 Å². The molecule has 90 valence electrons. The van der Waals surface area contributed by atoms with Gasteiger partial charge < -0.3 is 4.90 Å². The van der Waals surface area contributed by atoms with Crippen molar-refractivity contribution in [2.45, 2.75) is 39.7 Å². The van der Waals surface area contributed by atoms with Gasteiger partial charge in [-0.05, 0) is 31.4 Å². The minimum atomic E-state index is 0.591. The predicted molar refractivity (Wildman–Crippen MR) is 74.5 cm³/mol. The van der Waals surface area contributed by atoms with Crippen molar-refractivity contribution >= 4 is 21.7 Å². The monoisotopic (exact) mass is 284 g/mol. The van der Waals surface area contributed by atoms with E-state index in [2.05, 4.69) is 58.7 Å². The maximum atomic E-state index is 4.52. The van der Waals surface area contributed by atoms with Gasteiger partial charge in [0.15, 0.2) is 0 Å². The van der Waals surface area contributed by atoms with Gasteiger partial charge in [-0.15, -0.1) is 0 Å². The van der Waals surface area contributed by atoms with Crippen molar-refractivity contribution in [3.63, 3.8) is 0 Å². The van der Waals surface area contributed by atoms with Gasteiger partial charge in [0.25, 0.3) is 0 Å². The summed E-state index contributed by atoms with van der Waals surface area (Å²) in [6.07, 6.45) is 4.27. The normalized spacial score (nSPS) is 10.8. The van der Waals surface area contributed by atoms with Crippen LogP contribution in [0.25, 0.3) is 0 Å². The van der Waals surface area contributed by atoms with E-state index in [9.17, 15) is 0 Å². The molecular formula is C13H21BrN2. The maximum Gasteiger partial charge on any atom is 0.128 e. The molecule has 0 aromatic carbocycles. The van der Waals surface area contributed by atoms with Gasteiger partial charge >= 0.3 is 0 Å². The van der Waals surface area contributed by atoms with Crippen molar-refractivity contribution in [1.82, 2.24) is 4.98 Å². The number of aromatic nitrogens is 1. The molecule has 1 rings (SSSR count). The highest BCUT2D eigenvalue weighted by atomic mass is 79.9. The predicted octanol–water partition coefficient (Wildman–Crippen LogP) is 3.78. The van der Waals surface area contributed by atoms with Crippen LogP contribution in [-0.4, -0.2) is 22.9 Å². The van der Waals surface area contributed by atoms with Gasteiger partial charge in [0, 0.05) is 24.1 Å². The summed E-state index contributed by atoms with van der Waals surface area (Å²) in [5.74, 6) is 1.10. The molecule has 1 aromatic heterocycles. The molecule has 0 saturated heterocycles. The van der Waals surface area contributed by atoms with Crippen LogP contribution in [0, 0.1) is 6.92 Å². The highest BCUT2D eigenvalue weighted by molar-refractivity contribution is 9.09. The smallest absolute Gasteiger partial charge is 0.128 e. The number of hydrogen-bond acceptors (Lipinski definition) is 2. The van der Waals surface area contributed by atoms with Crippen LogP contribution in [0.5, 0.6) is 0 Å². The summed E-state index contributed by atoms with van der Waals surface area (Å²) >= 11 is 3.52. The van der Waals surface area contributed by atoms with Crippen molar-refractivity contribution in [3.05, 3.63) is 23.9 Å². The molecule has 1 heterocycles. The third-order valence-electron chi connectivity index (χ3n) is 2.90. The van der Waals surface area contributed by atoms with E-state index in [1.54, 1.807) is 0 Å². The second-order valence-electron chi connectivity index (χ2n) is 4.05. The Morgan fingerprint density at radius 2 is 2.00 bits per heavy atom. The van der Waals surface area contributed by atoms with Gasteiger partial charge in [0.2, 0.25) is 0 Å². The third-order valence-corrected chi connectivity index (χ3v) is 3.25. The summed E-state index contributed by atoms with van der Waals surface area (Å²) in [7, 11) is 0. The summed E-state index contributed by atoms with van der Waals surface area (Å²) in [4.78, 5) is 6.92. The Morgan fingerprint density at radius 3 is 2.44 bits per heavy atom. The van der Waals surface area contributed by atoms with Crippen LogP contribution >= 0.6 is 15.9 Å². The zero-order valence-electron chi connectivity index (χ0n) is 10.4. The number of anilines is 1. The van der Waals surface area contributed by atoms with Crippen molar-refractivity contribution < 1.29 is 0 Å². The minimum absolute atomic E-state index is 0.591. The van der Waals surface area contributed by atoms with E-state index in [-0.39, 0.29) is 0 Å². The summed E-state index contributed by atoms with van der Waals surface area (Å²) in [6, 6.07) is 4.84. The van der Waals surface area contributed by atoms with Crippen LogP contribution in [0.15, 0.2) is 18.3 Å².